The van der Waals surface area contributed by atoms with E-state index in [1.54, 1.807) is 13.0 Å². The SMILES string of the molecule is C=C1C=CCC/C1=C/C=C(\CCC)c1ccc(-c2cccc(-c3ccc(-c4cc(C)cc(C(F)(F)F)c4)cc3)c2)cc1. The number of hydrogen-bond acceptors (Lipinski definition) is 0. The van der Waals surface area contributed by atoms with Crippen molar-refractivity contribution < 1.29 is 13.2 Å². The van der Waals surface area contributed by atoms with Crippen molar-refractivity contribution in [2.75, 3.05) is 0 Å². The smallest absolute Gasteiger partial charge is 0.166 e. The highest BCUT2D eigenvalue weighted by Gasteiger charge is 2.31. The first kappa shape index (κ1) is 29.1. The lowest BCUT2D eigenvalue weighted by molar-refractivity contribution is -0.137. The molecule has 1 aliphatic carbocycles. The Morgan fingerprint density at radius 2 is 1.40 bits per heavy atom. The maximum atomic E-state index is 13.3. The lowest BCUT2D eigenvalue weighted by Gasteiger charge is -2.12. The molecule has 0 radical (unpaired) electrons. The molecule has 1 aliphatic rings. The topological polar surface area (TPSA) is 0 Å². The third kappa shape index (κ3) is 6.91. The van der Waals surface area contributed by atoms with E-state index in [1.807, 2.05) is 30.3 Å². The number of hydrogen-bond donors (Lipinski definition) is 0. The van der Waals surface area contributed by atoms with Crippen LogP contribution < -0.4 is 0 Å². The van der Waals surface area contributed by atoms with Gasteiger partial charge in [-0.2, -0.15) is 13.2 Å². The van der Waals surface area contributed by atoms with Gasteiger partial charge in [-0.25, -0.2) is 0 Å². The van der Waals surface area contributed by atoms with Crippen LogP contribution in [0.15, 0.2) is 133 Å². The summed E-state index contributed by atoms with van der Waals surface area (Å²) in [4.78, 5) is 0. The minimum atomic E-state index is -4.37. The molecular formula is C39H35F3. The first-order valence-electron chi connectivity index (χ1n) is 14.5. The Kier molecular flexibility index (Phi) is 8.77. The van der Waals surface area contributed by atoms with E-state index < -0.39 is 11.7 Å². The second-order valence-corrected chi connectivity index (χ2v) is 10.9. The van der Waals surface area contributed by atoms with Gasteiger partial charge in [-0.15, -0.1) is 0 Å². The molecule has 0 aromatic heterocycles. The van der Waals surface area contributed by atoms with Crippen molar-refractivity contribution in [2.45, 2.75) is 45.7 Å². The molecule has 4 aromatic carbocycles. The quantitative estimate of drug-likeness (QED) is 0.211. The Morgan fingerprint density at radius 3 is 2.00 bits per heavy atom. The summed E-state index contributed by atoms with van der Waals surface area (Å²) in [7, 11) is 0. The summed E-state index contributed by atoms with van der Waals surface area (Å²) in [6, 6.07) is 29.0. The van der Waals surface area contributed by atoms with Crippen LogP contribution in [0.5, 0.6) is 0 Å². The molecule has 42 heavy (non-hydrogen) atoms. The van der Waals surface area contributed by atoms with Crippen molar-refractivity contribution in [3.8, 4) is 33.4 Å². The van der Waals surface area contributed by atoms with Gasteiger partial charge in [0.25, 0.3) is 0 Å². The van der Waals surface area contributed by atoms with Crippen molar-refractivity contribution in [3.63, 3.8) is 0 Å². The molecule has 0 fully saturated rings. The van der Waals surface area contributed by atoms with E-state index in [0.717, 1.165) is 59.1 Å². The number of halogens is 3. The molecule has 0 atom stereocenters. The first-order valence-corrected chi connectivity index (χ1v) is 14.5. The zero-order chi connectivity index (χ0) is 29.7. The van der Waals surface area contributed by atoms with E-state index in [4.69, 9.17) is 0 Å². The van der Waals surface area contributed by atoms with Crippen LogP contribution in [0, 0.1) is 6.92 Å². The maximum Gasteiger partial charge on any atom is 0.416 e. The third-order valence-electron chi connectivity index (χ3n) is 7.72. The van der Waals surface area contributed by atoms with Gasteiger partial charge in [0.2, 0.25) is 0 Å². The molecule has 0 N–H and O–H groups in total. The zero-order valence-corrected chi connectivity index (χ0v) is 24.1. The Morgan fingerprint density at radius 1 is 0.786 bits per heavy atom. The van der Waals surface area contributed by atoms with Crippen molar-refractivity contribution in [1.82, 2.24) is 0 Å². The van der Waals surface area contributed by atoms with Crippen molar-refractivity contribution >= 4 is 5.57 Å². The highest BCUT2D eigenvalue weighted by atomic mass is 19.4. The third-order valence-corrected chi connectivity index (χ3v) is 7.72. The Hall–Kier alpha value is -4.37. The summed E-state index contributed by atoms with van der Waals surface area (Å²) in [5.74, 6) is 0. The maximum absolute atomic E-state index is 13.3. The monoisotopic (exact) mass is 560 g/mol. The molecule has 0 unspecified atom stereocenters. The summed E-state index contributed by atoms with van der Waals surface area (Å²) in [6.07, 6.45) is 8.59. The molecule has 0 heterocycles. The van der Waals surface area contributed by atoms with Gasteiger partial charge in [0.1, 0.15) is 0 Å². The van der Waals surface area contributed by atoms with Crippen molar-refractivity contribution in [2.24, 2.45) is 0 Å². The second-order valence-electron chi connectivity index (χ2n) is 10.9. The van der Waals surface area contributed by atoms with Crippen LogP contribution in [0.1, 0.15) is 49.3 Å². The predicted octanol–water partition coefficient (Wildman–Crippen LogP) is 12.0. The van der Waals surface area contributed by atoms with Gasteiger partial charge in [0.05, 0.1) is 5.56 Å². The second kappa shape index (κ2) is 12.7. The van der Waals surface area contributed by atoms with E-state index in [1.165, 1.54) is 28.8 Å². The van der Waals surface area contributed by atoms with Gasteiger partial charge >= 0.3 is 6.18 Å². The Bertz CT molecular complexity index is 1660. The van der Waals surface area contributed by atoms with Gasteiger partial charge in [-0.05, 0) is 106 Å². The van der Waals surface area contributed by atoms with Crippen LogP contribution in [0.25, 0.3) is 39.0 Å². The number of rotatable bonds is 7. The van der Waals surface area contributed by atoms with E-state index in [-0.39, 0.29) is 0 Å². The average molecular weight is 561 g/mol. The largest absolute Gasteiger partial charge is 0.416 e. The average Bonchev–Trinajstić information content (AvgIpc) is 2.99. The molecule has 0 spiro atoms. The molecule has 4 aromatic rings. The summed E-state index contributed by atoms with van der Waals surface area (Å²) in [6.45, 7) is 8.07. The molecular weight excluding hydrogens is 525 g/mol. The normalized spacial score (nSPS) is 14.9. The fourth-order valence-electron chi connectivity index (χ4n) is 5.44. The highest BCUT2D eigenvalue weighted by Crippen LogP contribution is 2.35. The Balaban J connectivity index is 1.37. The predicted molar refractivity (Wildman–Crippen MR) is 171 cm³/mol. The van der Waals surface area contributed by atoms with Crippen LogP contribution >= 0.6 is 0 Å². The van der Waals surface area contributed by atoms with E-state index in [0.29, 0.717) is 11.1 Å². The number of aryl methyl sites for hydroxylation is 1. The lowest BCUT2D eigenvalue weighted by atomic mass is 9.93. The van der Waals surface area contributed by atoms with Crippen LogP contribution in [0.4, 0.5) is 13.2 Å². The molecule has 212 valence electrons. The van der Waals surface area contributed by atoms with Crippen LogP contribution in [-0.2, 0) is 6.18 Å². The molecule has 5 rings (SSSR count). The number of alkyl halides is 3. The van der Waals surface area contributed by atoms with Crippen LogP contribution in [0.3, 0.4) is 0 Å². The van der Waals surface area contributed by atoms with Crippen molar-refractivity contribution in [3.05, 3.63) is 150 Å². The molecule has 0 amide bonds. The van der Waals surface area contributed by atoms with Gasteiger partial charge in [0.15, 0.2) is 0 Å². The number of benzene rings is 4. The van der Waals surface area contributed by atoms with Gasteiger partial charge < -0.3 is 0 Å². The lowest BCUT2D eigenvalue weighted by Crippen LogP contribution is -2.05. The summed E-state index contributed by atoms with van der Waals surface area (Å²) >= 11 is 0. The molecule has 0 saturated heterocycles. The minimum absolute atomic E-state index is 0.566. The Labute approximate surface area is 247 Å². The van der Waals surface area contributed by atoms with E-state index in [9.17, 15) is 13.2 Å². The molecule has 0 saturated carbocycles. The zero-order valence-electron chi connectivity index (χ0n) is 24.1. The van der Waals surface area contributed by atoms with Crippen LogP contribution in [-0.4, -0.2) is 0 Å². The summed E-state index contributed by atoms with van der Waals surface area (Å²) in [5.41, 5.74) is 10.6. The number of allylic oxidation sites excluding steroid dienone is 7. The molecule has 0 bridgehead atoms. The standard InChI is InChI=1S/C39H35F3/c1-4-8-30(14-13-29-10-6-5-9-28(29)3)31-15-17-32(18-16-31)35-11-7-12-36(25-35)33-19-21-34(22-20-33)37-23-27(2)24-38(26-37)39(40,41)42/h5,7,9,11-26H,3-4,6,8,10H2,1-2H3/b29-13-,30-14+. The molecule has 0 nitrogen and oxygen atoms in total. The molecule has 3 heteroatoms. The van der Waals surface area contributed by atoms with Crippen molar-refractivity contribution in [1.29, 1.82) is 0 Å². The fraction of sp³-hybridized carbons (Fsp3) is 0.179. The minimum Gasteiger partial charge on any atom is -0.166 e. The van der Waals surface area contributed by atoms with Gasteiger partial charge in [0, 0.05) is 0 Å². The summed E-state index contributed by atoms with van der Waals surface area (Å²) < 4.78 is 40.0. The molecule has 0 aliphatic heterocycles. The van der Waals surface area contributed by atoms with E-state index in [2.05, 4.69) is 80.3 Å². The van der Waals surface area contributed by atoms with Gasteiger partial charge in [-0.3, -0.25) is 0 Å². The van der Waals surface area contributed by atoms with E-state index >= 15 is 0 Å². The summed E-state index contributed by atoms with van der Waals surface area (Å²) in [5, 5.41) is 0. The van der Waals surface area contributed by atoms with Crippen LogP contribution in [0.2, 0.25) is 0 Å². The highest BCUT2D eigenvalue weighted by molar-refractivity contribution is 5.77. The first-order chi connectivity index (χ1) is 20.2. The van der Waals surface area contributed by atoms with Gasteiger partial charge in [-0.1, -0.05) is 117 Å². The fourth-order valence-corrected chi connectivity index (χ4v) is 5.44.